The van der Waals surface area contributed by atoms with Crippen molar-refractivity contribution in [3.05, 3.63) is 78.0 Å². The molecule has 4 aromatic rings. The molecule has 0 aliphatic carbocycles. The fourth-order valence-corrected chi connectivity index (χ4v) is 4.72. The standard InChI is InChI=1S/C27H29N3O5/c1-2-33-27-18(9-7-13-31)19(20-16-34-23-12-6-3-8-17(20)23)14-24(35-27)26(32)28-15-25-29-21-10-4-5-11-22(21)30-25/h3-6,8,10-12,14,16,18-19,27,31H,2,7,9,13,15H2,1H3,(H,28,32)(H,29,30)/t18-,19+,27-/m1/s1. The van der Waals surface area contributed by atoms with Gasteiger partial charge in [-0.05, 0) is 44.0 Å². The molecule has 1 aliphatic heterocycles. The maximum atomic E-state index is 13.2. The van der Waals surface area contributed by atoms with Gasteiger partial charge in [0.25, 0.3) is 5.91 Å². The quantitative estimate of drug-likeness (QED) is 0.332. The molecule has 3 N–H and O–H groups in total. The van der Waals surface area contributed by atoms with Crippen LogP contribution in [0.3, 0.4) is 0 Å². The van der Waals surface area contributed by atoms with Crippen molar-refractivity contribution in [3.63, 3.8) is 0 Å². The van der Waals surface area contributed by atoms with E-state index >= 15 is 0 Å². The number of aromatic amines is 1. The molecule has 3 heterocycles. The lowest BCUT2D eigenvalue weighted by Crippen LogP contribution is -2.39. The Morgan fingerprint density at radius 2 is 2.03 bits per heavy atom. The molecule has 0 unspecified atom stereocenters. The van der Waals surface area contributed by atoms with Crippen molar-refractivity contribution in [3.8, 4) is 0 Å². The molecule has 1 amide bonds. The summed E-state index contributed by atoms with van der Waals surface area (Å²) >= 11 is 0. The Hall–Kier alpha value is -3.62. The van der Waals surface area contributed by atoms with Crippen molar-refractivity contribution in [2.24, 2.45) is 5.92 Å². The van der Waals surface area contributed by atoms with E-state index in [1.165, 1.54) is 0 Å². The molecule has 35 heavy (non-hydrogen) atoms. The van der Waals surface area contributed by atoms with E-state index in [-0.39, 0.29) is 36.7 Å². The van der Waals surface area contributed by atoms with E-state index in [1.54, 1.807) is 6.26 Å². The Kier molecular flexibility index (Phi) is 6.83. The zero-order chi connectivity index (χ0) is 24.2. The van der Waals surface area contributed by atoms with Crippen LogP contribution in [0.5, 0.6) is 0 Å². The number of amides is 1. The second-order valence-corrected chi connectivity index (χ2v) is 8.60. The topological polar surface area (TPSA) is 110 Å². The van der Waals surface area contributed by atoms with Crippen LogP contribution >= 0.6 is 0 Å². The Labute approximate surface area is 202 Å². The number of benzene rings is 2. The number of carbonyl (C=O) groups excluding carboxylic acids is 1. The molecule has 1 aliphatic rings. The van der Waals surface area contributed by atoms with Crippen LogP contribution in [0.15, 0.2) is 71.0 Å². The van der Waals surface area contributed by atoms with E-state index in [1.807, 2.05) is 61.5 Å². The molecule has 0 bridgehead atoms. The van der Waals surface area contributed by atoms with Crippen LogP contribution < -0.4 is 5.32 Å². The number of hydrogen-bond acceptors (Lipinski definition) is 6. The molecule has 8 heteroatoms. The van der Waals surface area contributed by atoms with Crippen LogP contribution in [-0.2, 0) is 20.8 Å². The van der Waals surface area contributed by atoms with Crippen LogP contribution in [0, 0.1) is 5.92 Å². The Morgan fingerprint density at radius 3 is 2.86 bits per heavy atom. The predicted octanol–water partition coefficient (Wildman–Crippen LogP) is 4.37. The van der Waals surface area contributed by atoms with Gasteiger partial charge in [0.2, 0.25) is 6.29 Å². The average molecular weight is 476 g/mol. The first-order chi connectivity index (χ1) is 17.2. The largest absolute Gasteiger partial charge is 0.464 e. The number of rotatable bonds is 9. The predicted molar refractivity (Wildman–Crippen MR) is 131 cm³/mol. The van der Waals surface area contributed by atoms with E-state index in [0.717, 1.165) is 27.6 Å². The zero-order valence-electron chi connectivity index (χ0n) is 19.6. The summed E-state index contributed by atoms with van der Waals surface area (Å²) in [5.41, 5.74) is 3.52. The fourth-order valence-electron chi connectivity index (χ4n) is 4.72. The highest BCUT2D eigenvalue weighted by Crippen LogP contribution is 2.42. The minimum absolute atomic E-state index is 0.0722. The second-order valence-electron chi connectivity index (χ2n) is 8.60. The Bertz CT molecular complexity index is 1310. The van der Waals surface area contributed by atoms with Gasteiger partial charge in [-0.2, -0.15) is 0 Å². The van der Waals surface area contributed by atoms with E-state index in [9.17, 15) is 9.90 Å². The molecule has 0 radical (unpaired) electrons. The lowest BCUT2D eigenvalue weighted by atomic mass is 9.80. The number of furan rings is 1. The average Bonchev–Trinajstić information content (AvgIpc) is 3.50. The first-order valence-corrected chi connectivity index (χ1v) is 12.0. The van der Waals surface area contributed by atoms with Gasteiger partial charge in [0, 0.05) is 36.0 Å². The van der Waals surface area contributed by atoms with Crippen molar-refractivity contribution >= 4 is 27.9 Å². The monoisotopic (exact) mass is 475 g/mol. The van der Waals surface area contributed by atoms with Gasteiger partial charge in [0.05, 0.1) is 23.8 Å². The number of carbonyl (C=O) groups is 1. The van der Waals surface area contributed by atoms with Gasteiger partial charge in [-0.25, -0.2) is 4.98 Å². The van der Waals surface area contributed by atoms with Crippen LogP contribution in [-0.4, -0.2) is 40.5 Å². The van der Waals surface area contributed by atoms with Crippen molar-refractivity contribution in [1.29, 1.82) is 0 Å². The van der Waals surface area contributed by atoms with Crippen molar-refractivity contribution in [1.82, 2.24) is 15.3 Å². The molecule has 0 saturated heterocycles. The van der Waals surface area contributed by atoms with Gasteiger partial charge in [-0.3, -0.25) is 4.79 Å². The number of hydrogen-bond donors (Lipinski definition) is 3. The molecule has 5 rings (SSSR count). The van der Waals surface area contributed by atoms with E-state index in [4.69, 9.17) is 13.9 Å². The normalized spacial score (nSPS) is 20.1. The first-order valence-electron chi connectivity index (χ1n) is 12.0. The molecular weight excluding hydrogens is 446 g/mol. The number of nitrogens with one attached hydrogen (secondary N) is 2. The number of aromatic nitrogens is 2. The van der Waals surface area contributed by atoms with Crippen LogP contribution in [0.4, 0.5) is 0 Å². The lowest BCUT2D eigenvalue weighted by Gasteiger charge is -2.36. The van der Waals surface area contributed by atoms with Gasteiger partial charge in [-0.15, -0.1) is 0 Å². The highest BCUT2D eigenvalue weighted by Gasteiger charge is 2.39. The van der Waals surface area contributed by atoms with Gasteiger partial charge >= 0.3 is 0 Å². The number of para-hydroxylation sites is 3. The maximum Gasteiger partial charge on any atom is 0.286 e. The van der Waals surface area contributed by atoms with Gasteiger partial charge in [0.1, 0.15) is 11.4 Å². The molecule has 182 valence electrons. The highest BCUT2D eigenvalue weighted by atomic mass is 16.7. The minimum atomic E-state index is -0.623. The van der Waals surface area contributed by atoms with Crippen LogP contribution in [0.25, 0.3) is 22.0 Å². The summed E-state index contributed by atoms with van der Waals surface area (Å²) in [6.45, 7) is 2.64. The van der Waals surface area contributed by atoms with Gasteiger partial charge in [0.15, 0.2) is 5.76 Å². The fraction of sp³-hybridized carbons (Fsp3) is 0.333. The summed E-state index contributed by atoms with van der Waals surface area (Å²) in [7, 11) is 0. The Morgan fingerprint density at radius 1 is 1.20 bits per heavy atom. The molecule has 0 saturated carbocycles. The number of aliphatic hydroxyl groups is 1. The van der Waals surface area contributed by atoms with E-state index < -0.39 is 6.29 Å². The molecular formula is C27H29N3O5. The highest BCUT2D eigenvalue weighted by molar-refractivity contribution is 5.92. The molecule has 0 spiro atoms. The van der Waals surface area contributed by atoms with Crippen molar-refractivity contribution in [2.75, 3.05) is 13.2 Å². The minimum Gasteiger partial charge on any atom is -0.464 e. The summed E-state index contributed by atoms with van der Waals surface area (Å²) < 4.78 is 17.8. The number of imidazole rings is 1. The number of allylic oxidation sites excluding steroid dienone is 1. The van der Waals surface area contributed by atoms with Crippen molar-refractivity contribution < 1.29 is 23.8 Å². The SMILES string of the molecule is CCO[C@@H]1OC(C(=O)NCc2nc3ccccc3[nH]2)=C[C@H](c2coc3ccccc23)[C@H]1CCCO. The zero-order valence-corrected chi connectivity index (χ0v) is 19.6. The maximum absolute atomic E-state index is 13.2. The number of H-pyrrole nitrogens is 1. The number of nitrogens with zero attached hydrogens (tertiary/aromatic N) is 1. The third kappa shape index (κ3) is 4.80. The number of aliphatic hydroxyl groups excluding tert-OH is 1. The summed E-state index contributed by atoms with van der Waals surface area (Å²) in [5, 5.41) is 13.4. The summed E-state index contributed by atoms with van der Waals surface area (Å²) in [6.07, 6.45) is 4.25. The Balaban J connectivity index is 1.43. The lowest BCUT2D eigenvalue weighted by molar-refractivity contribution is -0.166. The summed E-state index contributed by atoms with van der Waals surface area (Å²) in [5.74, 6) is 0.261. The second kappa shape index (κ2) is 10.3. The van der Waals surface area contributed by atoms with E-state index in [0.29, 0.717) is 25.3 Å². The number of ether oxygens (including phenoxy) is 2. The molecule has 2 aromatic carbocycles. The van der Waals surface area contributed by atoms with Crippen LogP contribution in [0.2, 0.25) is 0 Å². The van der Waals surface area contributed by atoms with Gasteiger partial charge in [-0.1, -0.05) is 30.3 Å². The van der Waals surface area contributed by atoms with Crippen molar-refractivity contribution in [2.45, 2.75) is 38.5 Å². The summed E-state index contributed by atoms with van der Waals surface area (Å²) in [6, 6.07) is 15.6. The van der Waals surface area contributed by atoms with E-state index in [2.05, 4.69) is 15.3 Å². The number of fused-ring (bicyclic) bond motifs is 2. The smallest absolute Gasteiger partial charge is 0.286 e. The molecule has 8 nitrogen and oxygen atoms in total. The third-order valence-corrected chi connectivity index (χ3v) is 6.36. The summed E-state index contributed by atoms with van der Waals surface area (Å²) in [4.78, 5) is 20.9. The van der Waals surface area contributed by atoms with Crippen LogP contribution in [0.1, 0.15) is 37.1 Å². The third-order valence-electron chi connectivity index (χ3n) is 6.36. The molecule has 0 fully saturated rings. The molecule has 3 atom stereocenters. The molecule has 2 aromatic heterocycles. The van der Waals surface area contributed by atoms with Gasteiger partial charge < -0.3 is 29.3 Å². The first kappa shape index (κ1) is 23.1.